The molecule has 1 aliphatic carbocycles. The topological polar surface area (TPSA) is 102 Å². The molecule has 1 saturated heterocycles. The van der Waals surface area contributed by atoms with Crippen LogP contribution in [0.5, 0.6) is 0 Å². The zero-order valence-electron chi connectivity index (χ0n) is 16.3. The second-order valence-corrected chi connectivity index (χ2v) is 10.2. The first kappa shape index (κ1) is 21.0. The highest BCUT2D eigenvalue weighted by Gasteiger charge is 2.26. The Kier molecular flexibility index (Phi) is 6.19. The predicted molar refractivity (Wildman–Crippen MR) is 111 cm³/mol. The molecule has 10 heteroatoms. The van der Waals surface area contributed by atoms with E-state index in [2.05, 4.69) is 5.32 Å². The molecule has 1 aliphatic heterocycles. The Morgan fingerprint density at radius 3 is 2.73 bits per heavy atom. The van der Waals surface area contributed by atoms with Gasteiger partial charge in [0.2, 0.25) is 10.0 Å². The predicted octanol–water partition coefficient (Wildman–Crippen LogP) is 2.05. The number of nitrogens with zero attached hydrogens (tertiary/aromatic N) is 1. The van der Waals surface area contributed by atoms with Crippen LogP contribution in [-0.4, -0.2) is 57.5 Å². The smallest absolute Gasteiger partial charge is 0.348 e. The third kappa shape index (κ3) is 4.56. The number of hydrogen-bond acceptors (Lipinski definition) is 7. The molecule has 1 aromatic carbocycles. The van der Waals surface area contributed by atoms with Gasteiger partial charge in [-0.3, -0.25) is 4.79 Å². The number of carbonyl (C=O) groups excluding carboxylic acids is 2. The number of thiophene rings is 1. The molecule has 2 aliphatic rings. The van der Waals surface area contributed by atoms with Crippen molar-refractivity contribution in [2.24, 2.45) is 0 Å². The highest BCUT2D eigenvalue weighted by atomic mass is 32.2. The summed E-state index contributed by atoms with van der Waals surface area (Å²) >= 11 is 1.42. The number of fused-ring (bicyclic) bond motifs is 1. The van der Waals surface area contributed by atoms with Crippen molar-refractivity contribution in [3.05, 3.63) is 45.6 Å². The number of aryl methyl sites for hydroxylation is 2. The fraction of sp³-hybridized carbons (Fsp3) is 0.400. The number of anilines is 1. The summed E-state index contributed by atoms with van der Waals surface area (Å²) in [4.78, 5) is 26.2. The Bertz CT molecular complexity index is 1040. The van der Waals surface area contributed by atoms with E-state index in [4.69, 9.17) is 9.47 Å². The van der Waals surface area contributed by atoms with Crippen LogP contribution in [0.4, 0.5) is 5.69 Å². The molecule has 1 N–H and O–H groups in total. The molecule has 1 amide bonds. The molecule has 0 spiro atoms. The second kappa shape index (κ2) is 8.84. The summed E-state index contributed by atoms with van der Waals surface area (Å²) in [5.74, 6) is -1.05. The highest BCUT2D eigenvalue weighted by molar-refractivity contribution is 7.89. The van der Waals surface area contributed by atoms with Gasteiger partial charge >= 0.3 is 5.97 Å². The molecule has 0 unspecified atom stereocenters. The van der Waals surface area contributed by atoms with Crippen LogP contribution in [0.15, 0.2) is 35.2 Å². The fourth-order valence-electron chi connectivity index (χ4n) is 3.50. The third-order valence-electron chi connectivity index (χ3n) is 5.01. The number of esters is 1. The van der Waals surface area contributed by atoms with Crippen molar-refractivity contribution in [3.63, 3.8) is 0 Å². The SMILES string of the molecule is O=C(COC(=O)c1cc2c(s1)CCC2)Nc1cccc(S(=O)(=O)N2CCOCC2)c1. The first-order valence-corrected chi connectivity index (χ1v) is 12.0. The van der Waals surface area contributed by atoms with Crippen molar-refractivity contribution in [1.29, 1.82) is 0 Å². The van der Waals surface area contributed by atoms with Gasteiger partial charge in [0, 0.05) is 23.7 Å². The van der Waals surface area contributed by atoms with Gasteiger partial charge in [0.15, 0.2) is 6.61 Å². The summed E-state index contributed by atoms with van der Waals surface area (Å²) in [6, 6.07) is 7.86. The zero-order valence-corrected chi connectivity index (χ0v) is 17.9. The molecule has 0 saturated carbocycles. The van der Waals surface area contributed by atoms with E-state index >= 15 is 0 Å². The first-order chi connectivity index (χ1) is 14.4. The van der Waals surface area contributed by atoms with E-state index in [1.54, 1.807) is 12.1 Å². The van der Waals surface area contributed by atoms with E-state index in [0.717, 1.165) is 19.3 Å². The van der Waals surface area contributed by atoms with Crippen molar-refractivity contribution < 1.29 is 27.5 Å². The number of amides is 1. The van der Waals surface area contributed by atoms with Crippen LogP contribution in [0.3, 0.4) is 0 Å². The number of nitrogens with one attached hydrogen (secondary N) is 1. The van der Waals surface area contributed by atoms with Gasteiger partial charge in [0.25, 0.3) is 5.91 Å². The lowest BCUT2D eigenvalue weighted by molar-refractivity contribution is -0.119. The van der Waals surface area contributed by atoms with Gasteiger partial charge < -0.3 is 14.8 Å². The largest absolute Gasteiger partial charge is 0.451 e. The van der Waals surface area contributed by atoms with Crippen molar-refractivity contribution >= 4 is 38.9 Å². The molecule has 4 rings (SSSR count). The molecule has 1 aromatic heterocycles. The Morgan fingerprint density at radius 2 is 1.97 bits per heavy atom. The molecule has 0 atom stereocenters. The molecular weight excluding hydrogens is 428 g/mol. The Balaban J connectivity index is 1.35. The zero-order chi connectivity index (χ0) is 21.1. The summed E-state index contributed by atoms with van der Waals surface area (Å²) in [6.07, 6.45) is 3.07. The molecule has 2 aromatic rings. The number of hydrogen-bond donors (Lipinski definition) is 1. The van der Waals surface area contributed by atoms with Gasteiger partial charge in [-0.15, -0.1) is 11.3 Å². The quantitative estimate of drug-likeness (QED) is 0.676. The monoisotopic (exact) mass is 450 g/mol. The Hall–Kier alpha value is -2.27. The van der Waals surface area contributed by atoms with Gasteiger partial charge in [-0.25, -0.2) is 13.2 Å². The van der Waals surface area contributed by atoms with Crippen molar-refractivity contribution in [3.8, 4) is 0 Å². The summed E-state index contributed by atoms with van der Waals surface area (Å²) in [5.41, 5.74) is 1.51. The molecular formula is C20H22N2O6S2. The number of carbonyl (C=O) groups is 2. The maximum Gasteiger partial charge on any atom is 0.348 e. The minimum atomic E-state index is -3.66. The van der Waals surface area contributed by atoms with Crippen LogP contribution >= 0.6 is 11.3 Å². The number of ether oxygens (including phenoxy) is 2. The number of sulfonamides is 1. The summed E-state index contributed by atoms with van der Waals surface area (Å²) in [7, 11) is -3.66. The fourth-order valence-corrected chi connectivity index (χ4v) is 6.10. The van der Waals surface area contributed by atoms with Crippen molar-refractivity contribution in [2.45, 2.75) is 24.2 Å². The first-order valence-electron chi connectivity index (χ1n) is 9.70. The van der Waals surface area contributed by atoms with Crippen molar-refractivity contribution in [2.75, 3.05) is 38.2 Å². The molecule has 1 fully saturated rings. The van der Waals surface area contributed by atoms with Crippen LogP contribution in [0.2, 0.25) is 0 Å². The Morgan fingerprint density at radius 1 is 1.17 bits per heavy atom. The number of rotatable bonds is 6. The van der Waals surface area contributed by atoms with Gasteiger partial charge in [-0.1, -0.05) is 6.07 Å². The van der Waals surface area contributed by atoms with Crippen molar-refractivity contribution in [1.82, 2.24) is 4.31 Å². The summed E-state index contributed by atoms with van der Waals surface area (Å²) in [6.45, 7) is 0.854. The minimum Gasteiger partial charge on any atom is -0.451 e. The van der Waals surface area contributed by atoms with Crippen LogP contribution < -0.4 is 5.32 Å². The lowest BCUT2D eigenvalue weighted by Crippen LogP contribution is -2.40. The van der Waals surface area contributed by atoms with E-state index in [1.807, 2.05) is 6.07 Å². The van der Waals surface area contributed by atoms with E-state index < -0.39 is 28.5 Å². The number of morpholine rings is 1. The van der Waals surface area contributed by atoms with Gasteiger partial charge in [0.1, 0.15) is 4.88 Å². The van der Waals surface area contributed by atoms with E-state index in [9.17, 15) is 18.0 Å². The highest BCUT2D eigenvalue weighted by Crippen LogP contribution is 2.31. The van der Waals surface area contributed by atoms with E-state index in [0.29, 0.717) is 36.9 Å². The van der Waals surface area contributed by atoms with Gasteiger partial charge in [-0.05, 0) is 49.1 Å². The van der Waals surface area contributed by atoms with Crippen LogP contribution in [0, 0.1) is 0 Å². The third-order valence-corrected chi connectivity index (χ3v) is 8.12. The lowest BCUT2D eigenvalue weighted by Gasteiger charge is -2.26. The second-order valence-electron chi connectivity index (χ2n) is 7.08. The molecule has 0 bridgehead atoms. The van der Waals surface area contributed by atoms with Gasteiger partial charge in [-0.2, -0.15) is 4.31 Å². The Labute approximate surface area is 178 Å². The van der Waals surface area contributed by atoms with E-state index in [-0.39, 0.29) is 4.90 Å². The van der Waals surface area contributed by atoms with Crippen LogP contribution in [-0.2, 0) is 37.1 Å². The number of benzene rings is 1. The van der Waals surface area contributed by atoms with E-state index in [1.165, 1.54) is 38.2 Å². The van der Waals surface area contributed by atoms with Crippen LogP contribution in [0.25, 0.3) is 0 Å². The normalized spacial score (nSPS) is 16.8. The molecule has 0 radical (unpaired) electrons. The molecule has 2 heterocycles. The molecule has 160 valence electrons. The van der Waals surface area contributed by atoms with Gasteiger partial charge in [0.05, 0.1) is 18.1 Å². The summed E-state index contributed by atoms with van der Waals surface area (Å²) < 4.78 is 37.2. The molecule has 30 heavy (non-hydrogen) atoms. The lowest BCUT2D eigenvalue weighted by atomic mass is 10.2. The maximum atomic E-state index is 12.7. The maximum absolute atomic E-state index is 12.7. The summed E-state index contributed by atoms with van der Waals surface area (Å²) in [5, 5.41) is 2.58. The molecule has 8 nitrogen and oxygen atoms in total. The average molecular weight is 451 g/mol. The average Bonchev–Trinajstić information content (AvgIpc) is 3.35. The minimum absolute atomic E-state index is 0.0901. The standard InChI is InChI=1S/C20H22N2O6S2/c23-19(13-28-20(24)18-11-14-3-1-6-17(14)29-18)21-15-4-2-5-16(12-15)30(25,26)22-7-9-27-10-8-22/h2,4-5,11-12H,1,3,6-10,13H2,(H,21,23). The van der Waals surface area contributed by atoms with Crippen LogP contribution in [0.1, 0.15) is 26.5 Å².